The van der Waals surface area contributed by atoms with E-state index in [2.05, 4.69) is 10.5 Å². The third-order valence-corrected chi connectivity index (χ3v) is 3.39. The zero-order chi connectivity index (χ0) is 19.8. The van der Waals surface area contributed by atoms with E-state index < -0.39 is 17.4 Å². The Morgan fingerprint density at radius 2 is 2.07 bits per heavy atom. The van der Waals surface area contributed by atoms with E-state index >= 15 is 0 Å². The molecule has 2 aromatic rings. The molecule has 0 radical (unpaired) electrons. The van der Waals surface area contributed by atoms with Crippen molar-refractivity contribution in [1.82, 2.24) is 5.43 Å². The van der Waals surface area contributed by atoms with Crippen LogP contribution in [0.5, 0.6) is 17.2 Å². The minimum absolute atomic E-state index is 0.00760. The number of amides is 1. The third-order valence-electron chi connectivity index (χ3n) is 3.39. The normalized spacial score (nSPS) is 10.6. The molecule has 0 aliphatic rings. The Bertz CT molecular complexity index is 866. The average Bonchev–Trinajstić information content (AvgIpc) is 2.63. The number of hydrogen-bond acceptors (Lipinski definition) is 7. The first-order valence-corrected chi connectivity index (χ1v) is 8.07. The number of benzene rings is 2. The molecule has 0 fully saturated rings. The van der Waals surface area contributed by atoms with Crippen LogP contribution in [0.3, 0.4) is 0 Å². The van der Waals surface area contributed by atoms with Crippen LogP contribution >= 0.6 is 0 Å². The minimum atomic E-state index is -0.610. The summed E-state index contributed by atoms with van der Waals surface area (Å²) < 4.78 is 10.5. The Morgan fingerprint density at radius 1 is 1.30 bits per heavy atom. The summed E-state index contributed by atoms with van der Waals surface area (Å²) in [6.45, 7) is 3.45. The number of nitro groups is 1. The van der Waals surface area contributed by atoms with Crippen molar-refractivity contribution in [3.05, 3.63) is 57.6 Å². The number of carbonyl (C=O) groups excluding carboxylic acids is 1. The van der Waals surface area contributed by atoms with Gasteiger partial charge in [0.1, 0.15) is 0 Å². The predicted octanol–water partition coefficient (Wildman–Crippen LogP) is 2.54. The Kier molecular flexibility index (Phi) is 6.70. The summed E-state index contributed by atoms with van der Waals surface area (Å²) in [6.07, 6.45) is 1.25. The second-order valence-electron chi connectivity index (χ2n) is 5.44. The Morgan fingerprint density at radius 3 is 2.78 bits per heavy atom. The van der Waals surface area contributed by atoms with Crippen molar-refractivity contribution in [3.63, 3.8) is 0 Å². The number of nitrogens with zero attached hydrogens (tertiary/aromatic N) is 2. The van der Waals surface area contributed by atoms with Crippen LogP contribution in [-0.2, 0) is 4.79 Å². The fourth-order valence-corrected chi connectivity index (χ4v) is 2.16. The first-order valence-electron chi connectivity index (χ1n) is 8.07. The van der Waals surface area contributed by atoms with Gasteiger partial charge < -0.3 is 14.6 Å². The standard InChI is InChI=1S/C18H19N3O6/c1-3-26-16-6-4-5-13(18(16)23)10-19-20-17(22)11-27-15-8-7-12(2)9-14(15)21(24)25/h4-10,23H,3,11H2,1-2H3,(H,20,22)/b19-10-. The van der Waals surface area contributed by atoms with Crippen LogP contribution in [0, 0.1) is 17.0 Å². The highest BCUT2D eigenvalue weighted by atomic mass is 16.6. The molecular weight excluding hydrogens is 354 g/mol. The molecule has 0 aliphatic carbocycles. The van der Waals surface area contributed by atoms with Gasteiger partial charge in [0.2, 0.25) is 0 Å². The second kappa shape index (κ2) is 9.18. The minimum Gasteiger partial charge on any atom is -0.504 e. The fraction of sp³-hybridized carbons (Fsp3) is 0.222. The van der Waals surface area contributed by atoms with Crippen molar-refractivity contribution in [2.45, 2.75) is 13.8 Å². The maximum absolute atomic E-state index is 11.8. The summed E-state index contributed by atoms with van der Waals surface area (Å²) in [5.41, 5.74) is 3.07. The third kappa shape index (κ3) is 5.43. The number of hydrazone groups is 1. The van der Waals surface area contributed by atoms with E-state index in [-0.39, 0.29) is 17.2 Å². The number of ether oxygens (including phenoxy) is 2. The average molecular weight is 373 g/mol. The second-order valence-corrected chi connectivity index (χ2v) is 5.44. The summed E-state index contributed by atoms with van der Waals surface area (Å²) in [5, 5.41) is 24.8. The topological polar surface area (TPSA) is 123 Å². The van der Waals surface area contributed by atoms with Crippen molar-refractivity contribution < 1.29 is 24.3 Å². The number of rotatable bonds is 8. The lowest BCUT2D eigenvalue weighted by Crippen LogP contribution is -2.24. The van der Waals surface area contributed by atoms with Crippen LogP contribution in [-0.4, -0.2) is 35.4 Å². The van der Waals surface area contributed by atoms with Gasteiger partial charge in [0.25, 0.3) is 5.91 Å². The number of carbonyl (C=O) groups is 1. The van der Waals surface area contributed by atoms with Crippen molar-refractivity contribution in [3.8, 4) is 17.2 Å². The van der Waals surface area contributed by atoms with Gasteiger partial charge in [-0.15, -0.1) is 0 Å². The Balaban J connectivity index is 1.95. The molecule has 0 saturated heterocycles. The van der Waals surface area contributed by atoms with Crippen LogP contribution in [0.15, 0.2) is 41.5 Å². The predicted molar refractivity (Wildman–Crippen MR) is 98.3 cm³/mol. The van der Waals surface area contributed by atoms with Crippen molar-refractivity contribution in [2.24, 2.45) is 5.10 Å². The van der Waals surface area contributed by atoms with Crippen LogP contribution in [0.4, 0.5) is 5.69 Å². The number of nitrogens with one attached hydrogen (secondary N) is 1. The van der Waals surface area contributed by atoms with E-state index in [0.717, 1.165) is 0 Å². The lowest BCUT2D eigenvalue weighted by molar-refractivity contribution is -0.385. The van der Waals surface area contributed by atoms with E-state index in [4.69, 9.17) is 9.47 Å². The summed E-state index contributed by atoms with van der Waals surface area (Å²) >= 11 is 0. The number of phenolic OH excluding ortho intramolecular Hbond substituents is 1. The maximum Gasteiger partial charge on any atom is 0.311 e. The highest BCUT2D eigenvalue weighted by Gasteiger charge is 2.16. The van der Waals surface area contributed by atoms with Crippen LogP contribution in [0.1, 0.15) is 18.1 Å². The van der Waals surface area contributed by atoms with Gasteiger partial charge in [0.15, 0.2) is 23.9 Å². The molecule has 27 heavy (non-hydrogen) atoms. The molecule has 0 aromatic heterocycles. The first-order chi connectivity index (χ1) is 12.9. The molecule has 0 bridgehead atoms. The van der Waals surface area contributed by atoms with E-state index in [1.54, 1.807) is 38.1 Å². The van der Waals surface area contributed by atoms with E-state index in [9.17, 15) is 20.0 Å². The first kappa shape index (κ1) is 19.7. The molecule has 0 heterocycles. The molecule has 0 aliphatic heterocycles. The zero-order valence-electron chi connectivity index (χ0n) is 14.8. The number of para-hydroxylation sites is 1. The fourth-order valence-electron chi connectivity index (χ4n) is 2.16. The van der Waals surface area contributed by atoms with E-state index in [1.807, 2.05) is 0 Å². The quantitative estimate of drug-likeness (QED) is 0.416. The van der Waals surface area contributed by atoms with Crippen LogP contribution in [0.25, 0.3) is 0 Å². The summed E-state index contributed by atoms with van der Waals surface area (Å²) in [4.78, 5) is 22.2. The summed E-state index contributed by atoms with van der Waals surface area (Å²) in [6, 6.07) is 9.32. The monoisotopic (exact) mass is 373 g/mol. The largest absolute Gasteiger partial charge is 0.504 e. The van der Waals surface area contributed by atoms with E-state index in [0.29, 0.717) is 23.5 Å². The number of phenols is 1. The molecular formula is C18H19N3O6. The number of nitro benzene ring substituents is 1. The summed E-state index contributed by atoms with van der Waals surface area (Å²) in [5.74, 6) is -0.403. The van der Waals surface area contributed by atoms with E-state index in [1.165, 1.54) is 18.3 Å². The van der Waals surface area contributed by atoms with Crippen molar-refractivity contribution in [1.29, 1.82) is 0 Å². The van der Waals surface area contributed by atoms with Gasteiger partial charge in [-0.2, -0.15) is 5.10 Å². The zero-order valence-corrected chi connectivity index (χ0v) is 14.8. The summed E-state index contributed by atoms with van der Waals surface area (Å²) in [7, 11) is 0. The lowest BCUT2D eigenvalue weighted by atomic mass is 10.2. The smallest absolute Gasteiger partial charge is 0.311 e. The van der Waals surface area contributed by atoms with Gasteiger partial charge in [0.05, 0.1) is 17.7 Å². The number of hydrogen-bond donors (Lipinski definition) is 2. The lowest BCUT2D eigenvalue weighted by Gasteiger charge is -2.07. The highest BCUT2D eigenvalue weighted by Crippen LogP contribution is 2.29. The maximum atomic E-state index is 11.8. The molecule has 0 unspecified atom stereocenters. The molecule has 142 valence electrons. The molecule has 1 amide bonds. The Labute approximate surface area is 155 Å². The van der Waals surface area contributed by atoms with Gasteiger partial charge >= 0.3 is 5.69 Å². The van der Waals surface area contributed by atoms with Gasteiger partial charge in [-0.25, -0.2) is 5.43 Å². The van der Waals surface area contributed by atoms with Crippen LogP contribution < -0.4 is 14.9 Å². The van der Waals surface area contributed by atoms with Gasteiger partial charge in [0, 0.05) is 11.6 Å². The molecule has 2 N–H and O–H groups in total. The molecule has 2 rings (SSSR count). The number of aryl methyl sites for hydroxylation is 1. The van der Waals surface area contributed by atoms with Crippen LogP contribution in [0.2, 0.25) is 0 Å². The molecule has 2 aromatic carbocycles. The SMILES string of the molecule is CCOc1cccc(/C=N\NC(=O)COc2ccc(C)cc2[N+](=O)[O-])c1O. The van der Waals surface area contributed by atoms with Crippen molar-refractivity contribution >= 4 is 17.8 Å². The molecule has 9 nitrogen and oxygen atoms in total. The van der Waals surface area contributed by atoms with Gasteiger partial charge in [-0.3, -0.25) is 14.9 Å². The Hall–Kier alpha value is -3.62. The number of aromatic hydroxyl groups is 1. The molecule has 0 saturated carbocycles. The van der Waals surface area contributed by atoms with Gasteiger partial charge in [-0.05, 0) is 37.6 Å². The highest BCUT2D eigenvalue weighted by molar-refractivity contribution is 5.86. The van der Waals surface area contributed by atoms with Crippen molar-refractivity contribution in [2.75, 3.05) is 13.2 Å². The molecule has 0 spiro atoms. The molecule has 0 atom stereocenters. The molecule has 9 heteroatoms. The van der Waals surface area contributed by atoms with Gasteiger partial charge in [-0.1, -0.05) is 12.1 Å².